The molecule has 0 aromatic heterocycles. The van der Waals surface area contributed by atoms with E-state index in [4.69, 9.17) is 15.7 Å². The first kappa shape index (κ1) is 16.8. The summed E-state index contributed by atoms with van der Waals surface area (Å²) < 4.78 is 31.2. The highest BCUT2D eigenvalue weighted by Crippen LogP contribution is 2.11. The van der Waals surface area contributed by atoms with Gasteiger partial charge < -0.3 is 20.6 Å². The van der Waals surface area contributed by atoms with E-state index in [-0.39, 0.29) is 37.5 Å². The fraction of sp³-hybridized carbons (Fsp3) is 0.385. The zero-order chi connectivity index (χ0) is 15.8. The highest BCUT2D eigenvalue weighted by molar-refractivity contribution is 5.94. The van der Waals surface area contributed by atoms with Crippen molar-refractivity contribution >= 4 is 11.7 Å². The van der Waals surface area contributed by atoms with Crippen LogP contribution >= 0.6 is 0 Å². The van der Waals surface area contributed by atoms with Gasteiger partial charge in [-0.3, -0.25) is 4.79 Å². The van der Waals surface area contributed by atoms with Crippen LogP contribution in [-0.2, 0) is 4.74 Å². The predicted octanol–water partition coefficient (Wildman–Crippen LogP) is 1.19. The first-order valence-corrected chi connectivity index (χ1v) is 6.18. The monoisotopic (exact) mass is 301 g/mol. The quantitative estimate of drug-likeness (QED) is 0.343. The van der Waals surface area contributed by atoms with Crippen molar-refractivity contribution in [2.75, 3.05) is 26.8 Å². The molecular formula is C13H17F2N3O3. The minimum atomic E-state index is -0.832. The van der Waals surface area contributed by atoms with Crippen LogP contribution in [0.15, 0.2) is 23.4 Å². The lowest BCUT2D eigenvalue weighted by molar-refractivity contribution is 0.0699. The second-order valence-electron chi connectivity index (χ2n) is 4.28. The number of carbonyl (C=O) groups is 1. The number of benzene rings is 1. The summed E-state index contributed by atoms with van der Waals surface area (Å²) in [4.78, 5) is 13.6. The van der Waals surface area contributed by atoms with E-state index in [1.165, 1.54) is 12.0 Å². The number of hydrogen-bond acceptors (Lipinski definition) is 4. The summed E-state index contributed by atoms with van der Waals surface area (Å²) in [5.41, 5.74) is 5.24. The molecule has 0 heterocycles. The van der Waals surface area contributed by atoms with Gasteiger partial charge in [0.2, 0.25) is 0 Å². The van der Waals surface area contributed by atoms with Crippen molar-refractivity contribution in [1.82, 2.24) is 4.90 Å². The van der Waals surface area contributed by atoms with Gasteiger partial charge in [0.05, 0.1) is 6.61 Å². The lowest BCUT2D eigenvalue weighted by atomic mass is 10.1. The van der Waals surface area contributed by atoms with Gasteiger partial charge in [0.1, 0.15) is 17.5 Å². The molecule has 1 aromatic rings. The van der Waals surface area contributed by atoms with Crippen molar-refractivity contribution in [3.63, 3.8) is 0 Å². The molecule has 0 radical (unpaired) electrons. The van der Waals surface area contributed by atoms with Crippen molar-refractivity contribution < 1.29 is 23.5 Å². The van der Waals surface area contributed by atoms with Crippen LogP contribution < -0.4 is 5.73 Å². The highest BCUT2D eigenvalue weighted by Gasteiger charge is 2.17. The summed E-state index contributed by atoms with van der Waals surface area (Å²) in [6, 6.07) is 2.59. The first-order valence-electron chi connectivity index (χ1n) is 6.18. The Morgan fingerprint density at radius 3 is 2.48 bits per heavy atom. The molecule has 0 aliphatic carbocycles. The van der Waals surface area contributed by atoms with Crippen LogP contribution in [0.2, 0.25) is 0 Å². The Balaban J connectivity index is 2.87. The molecule has 8 heteroatoms. The number of methoxy groups -OCH3 is 1. The predicted molar refractivity (Wildman–Crippen MR) is 72.2 cm³/mol. The molecule has 1 rings (SSSR count). The number of halogens is 2. The van der Waals surface area contributed by atoms with Crippen molar-refractivity contribution in [2.24, 2.45) is 10.9 Å². The maximum atomic E-state index is 13.2. The number of ether oxygens (including phenoxy) is 1. The summed E-state index contributed by atoms with van der Waals surface area (Å²) in [6.07, 6.45) is 0.129. The number of amidine groups is 1. The third kappa shape index (κ3) is 5.35. The van der Waals surface area contributed by atoms with Gasteiger partial charge in [-0.05, 0) is 12.1 Å². The molecule has 0 saturated carbocycles. The maximum Gasteiger partial charge on any atom is 0.254 e. The molecule has 0 fully saturated rings. The number of nitrogens with two attached hydrogens (primary N) is 1. The van der Waals surface area contributed by atoms with E-state index in [0.717, 1.165) is 12.1 Å². The summed E-state index contributed by atoms with van der Waals surface area (Å²) >= 11 is 0. The zero-order valence-electron chi connectivity index (χ0n) is 11.6. The number of hydrogen-bond donors (Lipinski definition) is 2. The lowest BCUT2D eigenvalue weighted by Crippen LogP contribution is -2.36. The van der Waals surface area contributed by atoms with Gasteiger partial charge in [-0.25, -0.2) is 8.78 Å². The molecule has 1 amide bonds. The second kappa shape index (κ2) is 8.15. The SMILES string of the molecule is COCCN(CCC(N)=NO)C(=O)c1cc(F)cc(F)c1. The summed E-state index contributed by atoms with van der Waals surface area (Å²) in [5, 5.41) is 11.3. The van der Waals surface area contributed by atoms with Gasteiger partial charge >= 0.3 is 0 Å². The molecule has 116 valence electrons. The van der Waals surface area contributed by atoms with Gasteiger partial charge in [-0.2, -0.15) is 0 Å². The zero-order valence-corrected chi connectivity index (χ0v) is 11.6. The van der Waals surface area contributed by atoms with E-state index in [1.54, 1.807) is 0 Å². The molecule has 0 aliphatic heterocycles. The van der Waals surface area contributed by atoms with Crippen LogP contribution in [0.25, 0.3) is 0 Å². The number of oxime groups is 1. The van der Waals surface area contributed by atoms with Crippen LogP contribution in [0.3, 0.4) is 0 Å². The molecular weight excluding hydrogens is 284 g/mol. The minimum Gasteiger partial charge on any atom is -0.409 e. The van der Waals surface area contributed by atoms with Crippen LogP contribution in [-0.4, -0.2) is 48.7 Å². The standard InChI is InChI=1S/C13H17F2N3O3/c1-21-5-4-18(3-2-12(16)17-20)13(19)9-6-10(14)8-11(15)7-9/h6-8,20H,2-5H2,1H3,(H2,16,17). The largest absolute Gasteiger partial charge is 0.409 e. The Kier molecular flexibility index (Phi) is 6.54. The fourth-order valence-corrected chi connectivity index (χ4v) is 1.68. The van der Waals surface area contributed by atoms with E-state index >= 15 is 0 Å². The Bertz CT molecular complexity index is 503. The van der Waals surface area contributed by atoms with Crippen molar-refractivity contribution in [1.29, 1.82) is 0 Å². The van der Waals surface area contributed by atoms with Crippen LogP contribution in [0, 0.1) is 11.6 Å². The van der Waals surface area contributed by atoms with Crippen LogP contribution in [0.5, 0.6) is 0 Å². The number of carbonyl (C=O) groups excluding carboxylic acids is 1. The molecule has 0 aliphatic rings. The van der Waals surface area contributed by atoms with Gasteiger partial charge in [0.25, 0.3) is 5.91 Å². The van der Waals surface area contributed by atoms with Crippen molar-refractivity contribution in [3.8, 4) is 0 Å². The summed E-state index contributed by atoms with van der Waals surface area (Å²) in [6.45, 7) is 0.599. The second-order valence-corrected chi connectivity index (χ2v) is 4.28. The molecule has 0 bridgehead atoms. The molecule has 21 heavy (non-hydrogen) atoms. The molecule has 1 aromatic carbocycles. The van der Waals surface area contributed by atoms with Crippen molar-refractivity contribution in [2.45, 2.75) is 6.42 Å². The average molecular weight is 301 g/mol. The first-order chi connectivity index (χ1) is 9.97. The van der Waals surface area contributed by atoms with E-state index in [2.05, 4.69) is 5.16 Å². The minimum absolute atomic E-state index is 0.0457. The smallest absolute Gasteiger partial charge is 0.254 e. The molecule has 0 spiro atoms. The van der Waals surface area contributed by atoms with Gasteiger partial charge in [0, 0.05) is 38.2 Å². The van der Waals surface area contributed by atoms with Crippen LogP contribution in [0.4, 0.5) is 8.78 Å². The maximum absolute atomic E-state index is 13.2. The van der Waals surface area contributed by atoms with E-state index < -0.39 is 17.5 Å². The molecule has 6 nitrogen and oxygen atoms in total. The summed E-state index contributed by atoms with van der Waals surface area (Å²) in [5.74, 6) is -2.27. The third-order valence-electron chi connectivity index (χ3n) is 2.73. The Hall–Kier alpha value is -2.22. The topological polar surface area (TPSA) is 88.2 Å². The van der Waals surface area contributed by atoms with E-state index in [1.807, 2.05) is 0 Å². The average Bonchev–Trinajstić information content (AvgIpc) is 2.45. The number of rotatable bonds is 7. The van der Waals surface area contributed by atoms with Gasteiger partial charge in [0.15, 0.2) is 0 Å². The van der Waals surface area contributed by atoms with Crippen LogP contribution in [0.1, 0.15) is 16.8 Å². The third-order valence-corrected chi connectivity index (χ3v) is 2.73. The fourth-order valence-electron chi connectivity index (χ4n) is 1.68. The van der Waals surface area contributed by atoms with E-state index in [0.29, 0.717) is 6.07 Å². The van der Waals surface area contributed by atoms with Crippen molar-refractivity contribution in [3.05, 3.63) is 35.4 Å². The highest BCUT2D eigenvalue weighted by atomic mass is 19.1. The Morgan fingerprint density at radius 2 is 1.95 bits per heavy atom. The van der Waals surface area contributed by atoms with E-state index in [9.17, 15) is 13.6 Å². The van der Waals surface area contributed by atoms with Gasteiger partial charge in [-0.1, -0.05) is 5.16 Å². The summed E-state index contributed by atoms with van der Waals surface area (Å²) in [7, 11) is 1.47. The molecule has 0 unspecified atom stereocenters. The normalized spacial score (nSPS) is 11.5. The number of nitrogens with zero attached hydrogens (tertiary/aromatic N) is 2. The Morgan fingerprint density at radius 1 is 1.33 bits per heavy atom. The van der Waals surface area contributed by atoms with Gasteiger partial charge in [-0.15, -0.1) is 0 Å². The number of amides is 1. The molecule has 0 saturated heterocycles. The Labute approximate surface area is 120 Å². The molecule has 0 atom stereocenters. The molecule has 3 N–H and O–H groups in total. The lowest BCUT2D eigenvalue weighted by Gasteiger charge is -2.22.